The number of carbonyl (C=O) groups excluding carboxylic acids is 1. The van der Waals surface area contributed by atoms with E-state index in [1.54, 1.807) is 0 Å². The molecule has 0 amide bonds. The Hall–Kier alpha value is -1.29. The van der Waals surface area contributed by atoms with Crippen molar-refractivity contribution < 1.29 is 33.2 Å². The molecule has 1 aromatic carbocycles. The molecule has 1 aromatic rings. The lowest BCUT2D eigenvalue weighted by Gasteiger charge is -2.51. The van der Waals surface area contributed by atoms with Gasteiger partial charge in [0.05, 0.1) is 6.61 Å². The van der Waals surface area contributed by atoms with Gasteiger partial charge in [-0.15, -0.1) is 0 Å². The minimum Gasteiger partial charge on any atom is -0.452 e. The van der Waals surface area contributed by atoms with Gasteiger partial charge in [-0.25, -0.2) is 4.79 Å². The van der Waals surface area contributed by atoms with Crippen LogP contribution in [0.4, 0.5) is 0 Å². The molecule has 7 atom stereocenters. The summed E-state index contributed by atoms with van der Waals surface area (Å²) in [5, 5.41) is 0. The van der Waals surface area contributed by atoms with Crippen molar-refractivity contribution in [3.05, 3.63) is 35.9 Å². The van der Waals surface area contributed by atoms with Crippen LogP contribution in [0.3, 0.4) is 0 Å². The summed E-state index contributed by atoms with van der Waals surface area (Å²) in [5.41, 5.74) is 0.947. The third-order valence-corrected chi connectivity index (χ3v) is 9.30. The molecular weight excluding hydrogens is 464 g/mol. The molecule has 8 heteroatoms. The minimum absolute atomic E-state index is 0.302. The monoisotopic (exact) mass is 504 g/mol. The second-order valence-corrected chi connectivity index (χ2v) is 17.3. The van der Waals surface area contributed by atoms with Gasteiger partial charge in [0.25, 0.3) is 0 Å². The van der Waals surface area contributed by atoms with Crippen molar-refractivity contribution in [2.75, 3.05) is 13.2 Å². The molecule has 7 nitrogen and oxygen atoms in total. The Morgan fingerprint density at radius 2 is 1.71 bits per heavy atom. The summed E-state index contributed by atoms with van der Waals surface area (Å²) < 4.78 is 37.4. The zero-order chi connectivity index (χ0) is 24.4. The molecular formula is C27H40O7Si. The van der Waals surface area contributed by atoms with E-state index in [-0.39, 0.29) is 12.1 Å². The highest BCUT2D eigenvalue weighted by Crippen LogP contribution is 2.40. The first-order valence-electron chi connectivity index (χ1n) is 13.3. The van der Waals surface area contributed by atoms with E-state index in [0.717, 1.165) is 24.4 Å². The highest BCUT2D eigenvalue weighted by Gasteiger charge is 2.56. The summed E-state index contributed by atoms with van der Waals surface area (Å²) in [7, 11) is -1.28. The van der Waals surface area contributed by atoms with Gasteiger partial charge < -0.3 is 28.4 Å². The molecule has 0 spiro atoms. The Labute approximate surface area is 209 Å². The normalized spacial score (nSPS) is 36.2. The van der Waals surface area contributed by atoms with Crippen LogP contribution in [0.1, 0.15) is 50.4 Å². The van der Waals surface area contributed by atoms with Gasteiger partial charge in [0.2, 0.25) is 0 Å². The van der Waals surface area contributed by atoms with Crippen molar-refractivity contribution in [1.82, 2.24) is 0 Å². The smallest absolute Gasteiger partial charge is 0.335 e. The number of fused-ring (bicyclic) bond motifs is 3. The van der Waals surface area contributed by atoms with E-state index in [1.807, 2.05) is 30.3 Å². The van der Waals surface area contributed by atoms with Crippen LogP contribution in [0.15, 0.2) is 30.3 Å². The van der Waals surface area contributed by atoms with Crippen LogP contribution in [-0.2, 0) is 33.2 Å². The first-order valence-corrected chi connectivity index (χ1v) is 17.0. The molecule has 0 bridgehead atoms. The van der Waals surface area contributed by atoms with E-state index in [9.17, 15) is 4.79 Å². The van der Waals surface area contributed by atoms with Crippen LogP contribution < -0.4 is 0 Å². The van der Waals surface area contributed by atoms with Gasteiger partial charge in [-0.2, -0.15) is 0 Å². The number of esters is 1. The second-order valence-electron chi connectivity index (χ2n) is 11.6. The van der Waals surface area contributed by atoms with Gasteiger partial charge in [-0.05, 0) is 18.4 Å². The molecule has 4 fully saturated rings. The summed E-state index contributed by atoms with van der Waals surface area (Å²) in [6.45, 7) is 7.86. The van der Waals surface area contributed by atoms with Crippen molar-refractivity contribution in [1.29, 1.82) is 0 Å². The molecule has 0 radical (unpaired) electrons. The number of rotatable bonds is 7. The molecule has 3 heterocycles. The van der Waals surface area contributed by atoms with Gasteiger partial charge in [0.15, 0.2) is 24.8 Å². The fraction of sp³-hybridized carbons (Fsp3) is 0.741. The van der Waals surface area contributed by atoms with E-state index >= 15 is 0 Å². The van der Waals surface area contributed by atoms with Crippen molar-refractivity contribution in [3.63, 3.8) is 0 Å². The highest BCUT2D eigenvalue weighted by molar-refractivity contribution is 6.76. The third-order valence-electron chi connectivity index (χ3n) is 7.60. The lowest BCUT2D eigenvalue weighted by molar-refractivity contribution is -0.378. The lowest BCUT2D eigenvalue weighted by atomic mass is 9.85. The molecule has 0 N–H and O–H groups in total. The van der Waals surface area contributed by atoms with E-state index in [4.69, 9.17) is 28.4 Å². The number of hydrogen-bond donors (Lipinski definition) is 0. The van der Waals surface area contributed by atoms with Gasteiger partial charge in [0, 0.05) is 20.2 Å². The predicted octanol–water partition coefficient (Wildman–Crippen LogP) is 4.83. The average molecular weight is 505 g/mol. The molecule has 194 valence electrons. The zero-order valence-corrected chi connectivity index (χ0v) is 22.2. The van der Waals surface area contributed by atoms with Crippen LogP contribution in [-0.4, -0.2) is 64.1 Å². The van der Waals surface area contributed by atoms with E-state index < -0.39 is 45.1 Å². The van der Waals surface area contributed by atoms with Gasteiger partial charge in [-0.3, -0.25) is 0 Å². The molecule has 0 aromatic heterocycles. The van der Waals surface area contributed by atoms with Crippen molar-refractivity contribution in [2.24, 2.45) is 5.92 Å². The fourth-order valence-electron chi connectivity index (χ4n) is 5.55. The van der Waals surface area contributed by atoms with Crippen LogP contribution >= 0.6 is 0 Å². The van der Waals surface area contributed by atoms with Crippen LogP contribution in [0, 0.1) is 5.92 Å². The largest absolute Gasteiger partial charge is 0.452 e. The molecule has 5 rings (SSSR count). The maximum absolute atomic E-state index is 13.0. The molecule has 1 saturated carbocycles. The van der Waals surface area contributed by atoms with Crippen molar-refractivity contribution in [2.45, 2.75) is 107 Å². The fourth-order valence-corrected chi connectivity index (χ4v) is 6.28. The average Bonchev–Trinajstić information content (AvgIpc) is 2.85. The molecule has 2 unspecified atom stereocenters. The zero-order valence-electron chi connectivity index (χ0n) is 21.2. The standard InChI is InChI=1S/C27H40O7Si/c1-35(2,3)15-14-29-27-24-23(31-20(25(28)33-24)16-18-10-6-4-7-11-18)22-21(32-27)17-30-26(34-22)19-12-8-5-9-13-19/h5,8-9,12-13,18,20-24,26-27H,4,6-7,10-11,14-17H2,1-3H3/t20?,21-,22+,23+,24-,26?,27-/m1/s1. The first-order chi connectivity index (χ1) is 16.9. The van der Waals surface area contributed by atoms with Gasteiger partial charge in [0.1, 0.15) is 18.3 Å². The Kier molecular flexibility index (Phi) is 7.96. The molecule has 4 aliphatic rings. The van der Waals surface area contributed by atoms with Gasteiger partial charge in [-0.1, -0.05) is 82.1 Å². The predicted molar refractivity (Wildman–Crippen MR) is 133 cm³/mol. The van der Waals surface area contributed by atoms with Crippen LogP contribution in [0.2, 0.25) is 25.7 Å². The van der Waals surface area contributed by atoms with Gasteiger partial charge >= 0.3 is 5.97 Å². The maximum atomic E-state index is 13.0. The summed E-state index contributed by atoms with van der Waals surface area (Å²) >= 11 is 0. The van der Waals surface area contributed by atoms with Crippen LogP contribution in [0.25, 0.3) is 0 Å². The Balaban J connectivity index is 1.32. The minimum atomic E-state index is -1.28. The van der Waals surface area contributed by atoms with Crippen molar-refractivity contribution >= 4 is 14.0 Å². The van der Waals surface area contributed by atoms with E-state index in [1.165, 1.54) is 19.3 Å². The topological polar surface area (TPSA) is 72.5 Å². The summed E-state index contributed by atoms with van der Waals surface area (Å²) in [5.74, 6) is 0.203. The summed E-state index contributed by atoms with van der Waals surface area (Å²) in [6, 6.07) is 10.9. The first kappa shape index (κ1) is 25.4. The Bertz CT molecular complexity index is 838. The molecule has 3 saturated heterocycles. The molecule has 35 heavy (non-hydrogen) atoms. The molecule has 1 aliphatic carbocycles. The van der Waals surface area contributed by atoms with Crippen molar-refractivity contribution in [3.8, 4) is 0 Å². The summed E-state index contributed by atoms with van der Waals surface area (Å²) in [6.07, 6.45) is 3.13. The second kappa shape index (κ2) is 11.0. The number of ether oxygens (including phenoxy) is 6. The number of carbonyl (C=O) groups is 1. The number of hydrogen-bond acceptors (Lipinski definition) is 7. The van der Waals surface area contributed by atoms with Crippen LogP contribution in [0.5, 0.6) is 0 Å². The van der Waals surface area contributed by atoms with E-state index in [0.29, 0.717) is 25.6 Å². The maximum Gasteiger partial charge on any atom is 0.335 e. The number of benzene rings is 1. The third kappa shape index (κ3) is 6.17. The van der Waals surface area contributed by atoms with E-state index in [2.05, 4.69) is 19.6 Å². The molecule has 3 aliphatic heterocycles. The summed E-state index contributed by atoms with van der Waals surface area (Å²) in [4.78, 5) is 13.0. The Morgan fingerprint density at radius 3 is 2.46 bits per heavy atom. The lowest BCUT2D eigenvalue weighted by Crippen LogP contribution is -2.67. The highest BCUT2D eigenvalue weighted by atomic mass is 28.3. The Morgan fingerprint density at radius 1 is 0.943 bits per heavy atom. The quantitative estimate of drug-likeness (QED) is 0.389. The SMILES string of the molecule is C[Si](C)(C)CCO[C@@H]1O[C@@H]2COC(c3ccccc3)O[C@@H]2[C@@H]2OC(CC3CCCCC3)C(=O)O[C@@H]12.